The highest BCUT2D eigenvalue weighted by Crippen LogP contribution is 2.51. The normalized spacial score (nSPS) is 37.3. The molecule has 0 aromatic heterocycles. The van der Waals surface area contributed by atoms with Gasteiger partial charge in [0.15, 0.2) is 0 Å². The molecule has 4 atom stereocenters. The highest BCUT2D eigenvalue weighted by Gasteiger charge is 2.53. The first-order chi connectivity index (χ1) is 18.2. The Kier molecular flexibility index (Phi) is 13.4. The van der Waals surface area contributed by atoms with Crippen molar-refractivity contribution in [3.05, 3.63) is 0 Å². The molecule has 0 amide bonds. The maximum absolute atomic E-state index is 6.18. The fourth-order valence-corrected chi connectivity index (χ4v) is 18.4. The lowest BCUT2D eigenvalue weighted by Gasteiger charge is -2.45. The smallest absolute Gasteiger partial charge is 0.344 e. The molecule has 4 rings (SSSR count). The van der Waals surface area contributed by atoms with Gasteiger partial charge in [0.2, 0.25) is 0 Å². The zero-order chi connectivity index (χ0) is 27.8. The Bertz CT molecular complexity index is 604. The van der Waals surface area contributed by atoms with E-state index in [1.807, 2.05) is 28.4 Å². The van der Waals surface area contributed by atoms with Crippen molar-refractivity contribution in [1.29, 1.82) is 0 Å². The highest BCUT2D eigenvalue weighted by molar-refractivity contribution is 6.71. The van der Waals surface area contributed by atoms with Crippen LogP contribution in [0.4, 0.5) is 0 Å². The second-order valence-electron chi connectivity index (χ2n) is 14.1. The standard InChI is InChI=1S/2C16H32O2Si/c1-13-5-9-15(10-6-13)19(17-3,18-4)16-11-7-14(2)8-12-16;1-13-7-5-9-15(11-13)19(17-3,18-4)16-10-6-8-14(2)12-16/h2*13-16H,5-12H2,1-4H3. The van der Waals surface area contributed by atoms with E-state index in [1.165, 1.54) is 103 Å². The van der Waals surface area contributed by atoms with Crippen LogP contribution < -0.4 is 0 Å². The predicted octanol–water partition coefficient (Wildman–Crippen LogP) is 9.76. The van der Waals surface area contributed by atoms with Crippen LogP contribution in [0.2, 0.25) is 22.2 Å². The van der Waals surface area contributed by atoms with E-state index in [9.17, 15) is 0 Å². The number of hydrogen-bond acceptors (Lipinski definition) is 4. The third-order valence-electron chi connectivity index (χ3n) is 11.5. The molecule has 0 spiro atoms. The van der Waals surface area contributed by atoms with Gasteiger partial charge in [0.05, 0.1) is 0 Å². The molecule has 0 radical (unpaired) electrons. The summed E-state index contributed by atoms with van der Waals surface area (Å²) in [5, 5.41) is 0. The molecule has 4 aliphatic rings. The van der Waals surface area contributed by atoms with Crippen LogP contribution >= 0.6 is 0 Å². The van der Waals surface area contributed by atoms with Crippen LogP contribution in [-0.4, -0.2) is 45.6 Å². The average Bonchev–Trinajstić information content (AvgIpc) is 2.93. The Balaban J connectivity index is 0.000000211. The minimum absolute atomic E-state index is 0.724. The zero-order valence-electron chi connectivity index (χ0n) is 26.6. The van der Waals surface area contributed by atoms with Crippen LogP contribution in [0.1, 0.15) is 130 Å². The van der Waals surface area contributed by atoms with E-state index in [0.717, 1.165) is 45.8 Å². The molecule has 4 saturated carbocycles. The molecule has 0 aromatic carbocycles. The van der Waals surface area contributed by atoms with E-state index in [1.54, 1.807) is 0 Å². The van der Waals surface area contributed by atoms with Gasteiger partial charge in [-0.25, -0.2) is 0 Å². The molecular weight excluding hydrogens is 505 g/mol. The summed E-state index contributed by atoms with van der Waals surface area (Å²) >= 11 is 0. The van der Waals surface area contributed by atoms with E-state index in [2.05, 4.69) is 27.7 Å². The molecule has 38 heavy (non-hydrogen) atoms. The lowest BCUT2D eigenvalue weighted by molar-refractivity contribution is 0.179. The molecule has 6 heteroatoms. The Hall–Kier alpha value is 0.274. The summed E-state index contributed by atoms with van der Waals surface area (Å²) < 4.78 is 24.7. The summed E-state index contributed by atoms with van der Waals surface area (Å²) in [5.41, 5.74) is 2.91. The summed E-state index contributed by atoms with van der Waals surface area (Å²) in [6, 6.07) is 0. The maximum Gasteiger partial charge on any atom is 0.344 e. The van der Waals surface area contributed by atoms with Crippen LogP contribution in [0, 0.1) is 23.7 Å². The van der Waals surface area contributed by atoms with Gasteiger partial charge in [0.25, 0.3) is 0 Å². The minimum atomic E-state index is -2.03. The molecule has 4 aliphatic carbocycles. The van der Waals surface area contributed by atoms with E-state index in [-0.39, 0.29) is 0 Å². The van der Waals surface area contributed by atoms with E-state index in [4.69, 9.17) is 17.7 Å². The molecule has 4 fully saturated rings. The molecule has 4 unspecified atom stereocenters. The summed E-state index contributed by atoms with van der Waals surface area (Å²) in [6.07, 6.45) is 21.7. The van der Waals surface area contributed by atoms with Gasteiger partial charge in [-0.3, -0.25) is 0 Å². The van der Waals surface area contributed by atoms with Gasteiger partial charge < -0.3 is 17.7 Å². The predicted molar refractivity (Wildman–Crippen MR) is 165 cm³/mol. The minimum Gasteiger partial charge on any atom is -0.397 e. The van der Waals surface area contributed by atoms with Crippen LogP contribution in [0.3, 0.4) is 0 Å². The summed E-state index contributed by atoms with van der Waals surface area (Å²) in [5.74, 6) is 3.53. The van der Waals surface area contributed by atoms with Crippen molar-refractivity contribution in [2.75, 3.05) is 28.4 Å². The van der Waals surface area contributed by atoms with Gasteiger partial charge in [-0.2, -0.15) is 0 Å². The second kappa shape index (κ2) is 15.5. The van der Waals surface area contributed by atoms with Gasteiger partial charge >= 0.3 is 17.1 Å². The van der Waals surface area contributed by atoms with Crippen molar-refractivity contribution in [3.63, 3.8) is 0 Å². The monoisotopic (exact) mass is 568 g/mol. The molecular formula is C32H64O4Si2. The number of rotatable bonds is 8. The molecule has 0 heterocycles. The topological polar surface area (TPSA) is 36.9 Å². The summed E-state index contributed by atoms with van der Waals surface area (Å²) in [7, 11) is 3.67. The molecule has 0 saturated heterocycles. The fraction of sp³-hybridized carbons (Fsp3) is 1.00. The van der Waals surface area contributed by atoms with Gasteiger partial charge in [-0.05, 0) is 75.0 Å². The van der Waals surface area contributed by atoms with E-state index in [0.29, 0.717) is 0 Å². The molecule has 224 valence electrons. The lowest BCUT2D eigenvalue weighted by atomic mass is 9.90. The SMILES string of the molecule is CO[Si](OC)(C1CCC(C)CC1)C1CCC(C)CC1.CO[Si](OC)(C1CCCC(C)C1)C1CCCC(C)C1. The Morgan fingerprint density at radius 3 is 0.974 bits per heavy atom. The van der Waals surface area contributed by atoms with Crippen LogP contribution in [0.25, 0.3) is 0 Å². The third kappa shape index (κ3) is 7.76. The Morgan fingerprint density at radius 1 is 0.368 bits per heavy atom. The largest absolute Gasteiger partial charge is 0.397 e. The molecule has 0 aromatic rings. The van der Waals surface area contributed by atoms with Gasteiger partial charge in [0, 0.05) is 50.6 Å². The van der Waals surface area contributed by atoms with Crippen molar-refractivity contribution in [2.45, 2.75) is 153 Å². The van der Waals surface area contributed by atoms with E-state index < -0.39 is 17.1 Å². The quantitative estimate of drug-likeness (QED) is 0.273. The molecule has 0 bridgehead atoms. The molecule has 4 nitrogen and oxygen atoms in total. The first-order valence-corrected chi connectivity index (χ1v) is 20.4. The number of hydrogen-bond donors (Lipinski definition) is 0. The third-order valence-corrected chi connectivity index (χ3v) is 20.8. The van der Waals surface area contributed by atoms with Crippen molar-refractivity contribution in [3.8, 4) is 0 Å². The van der Waals surface area contributed by atoms with E-state index >= 15 is 0 Å². The first-order valence-electron chi connectivity index (χ1n) is 16.4. The van der Waals surface area contributed by atoms with Crippen molar-refractivity contribution >= 4 is 17.1 Å². The summed E-state index contributed by atoms with van der Waals surface area (Å²) in [4.78, 5) is 0. The molecule has 0 aliphatic heterocycles. The Labute approximate surface area is 239 Å². The molecule has 0 N–H and O–H groups in total. The van der Waals surface area contributed by atoms with Crippen LogP contribution in [-0.2, 0) is 17.7 Å². The van der Waals surface area contributed by atoms with Crippen molar-refractivity contribution in [2.24, 2.45) is 23.7 Å². The van der Waals surface area contributed by atoms with Crippen LogP contribution in [0.5, 0.6) is 0 Å². The van der Waals surface area contributed by atoms with Gasteiger partial charge in [-0.15, -0.1) is 0 Å². The zero-order valence-corrected chi connectivity index (χ0v) is 28.6. The summed E-state index contributed by atoms with van der Waals surface area (Å²) in [6.45, 7) is 9.59. The average molecular weight is 569 g/mol. The van der Waals surface area contributed by atoms with Gasteiger partial charge in [0.1, 0.15) is 0 Å². The first kappa shape index (κ1) is 32.8. The van der Waals surface area contributed by atoms with Gasteiger partial charge in [-0.1, -0.05) is 79.1 Å². The lowest BCUT2D eigenvalue weighted by Crippen LogP contribution is -2.51. The second-order valence-corrected chi connectivity index (χ2v) is 21.9. The van der Waals surface area contributed by atoms with Crippen molar-refractivity contribution in [1.82, 2.24) is 0 Å². The van der Waals surface area contributed by atoms with Crippen LogP contribution in [0.15, 0.2) is 0 Å². The van der Waals surface area contributed by atoms with Crippen molar-refractivity contribution < 1.29 is 17.7 Å². The fourth-order valence-electron chi connectivity index (χ4n) is 9.09. The maximum atomic E-state index is 6.18. The Morgan fingerprint density at radius 2 is 0.684 bits per heavy atom. The highest BCUT2D eigenvalue weighted by atomic mass is 28.4.